The molecule has 270 valence electrons. The first kappa shape index (κ1) is 38.1. The molecule has 4 aliphatic rings. The van der Waals surface area contributed by atoms with Gasteiger partial charge in [0.2, 0.25) is 5.91 Å². The molecule has 17 heteroatoms. The lowest BCUT2D eigenvalue weighted by molar-refractivity contribution is -0.145. The van der Waals surface area contributed by atoms with Crippen molar-refractivity contribution in [2.45, 2.75) is 70.1 Å². The van der Waals surface area contributed by atoms with E-state index in [1.54, 1.807) is 0 Å². The summed E-state index contributed by atoms with van der Waals surface area (Å²) in [6.07, 6.45) is 8.20. The largest absolute Gasteiger partial charge is 0.369 e. The van der Waals surface area contributed by atoms with E-state index in [1.807, 2.05) is 0 Å². The summed E-state index contributed by atoms with van der Waals surface area (Å²) in [5.74, 6) is -5.87. The van der Waals surface area contributed by atoms with E-state index in [-0.39, 0.29) is 82.8 Å². The summed E-state index contributed by atoms with van der Waals surface area (Å²) in [6, 6.07) is -1.87. The molecule has 1 N–H and O–H groups in total. The quantitative estimate of drug-likeness (QED) is 0.139. The Bertz CT molecular complexity index is 1590. The van der Waals surface area contributed by atoms with Crippen LogP contribution in [-0.2, 0) is 57.5 Å². The van der Waals surface area contributed by atoms with Gasteiger partial charge in [-0.15, -0.1) is 0 Å². The summed E-state index contributed by atoms with van der Waals surface area (Å²) >= 11 is 0. The van der Waals surface area contributed by atoms with Gasteiger partial charge in [0.1, 0.15) is 12.4 Å². The van der Waals surface area contributed by atoms with Crippen molar-refractivity contribution in [3.05, 3.63) is 48.6 Å². The van der Waals surface area contributed by atoms with Crippen molar-refractivity contribution < 1.29 is 57.5 Å². The summed E-state index contributed by atoms with van der Waals surface area (Å²) in [6.45, 7) is 0.489. The fraction of sp³-hybridized carbons (Fsp3) is 0.441. The third-order valence-electron chi connectivity index (χ3n) is 8.50. The Hall–Kier alpha value is -5.71. The summed E-state index contributed by atoms with van der Waals surface area (Å²) < 4.78 is 5.63. The molecule has 0 saturated heterocycles. The van der Waals surface area contributed by atoms with E-state index in [9.17, 15) is 52.7 Å². The van der Waals surface area contributed by atoms with Crippen molar-refractivity contribution in [2.75, 3.05) is 26.2 Å². The molecule has 0 spiro atoms. The molecule has 51 heavy (non-hydrogen) atoms. The molecular formula is C34H37N5O12. The summed E-state index contributed by atoms with van der Waals surface area (Å²) in [4.78, 5) is 139. The number of ketones is 2. The Morgan fingerprint density at radius 1 is 0.588 bits per heavy atom. The number of rotatable bonds is 21. The molecule has 4 heterocycles. The smallest absolute Gasteiger partial charge is 0.253 e. The second kappa shape index (κ2) is 17.3. The predicted molar refractivity (Wildman–Crippen MR) is 172 cm³/mol. The minimum Gasteiger partial charge on any atom is -0.369 e. The molecule has 0 aromatic rings. The topological polar surface area (TPSA) is 222 Å². The molecule has 3 unspecified atom stereocenters. The Kier molecular flexibility index (Phi) is 12.9. The van der Waals surface area contributed by atoms with Crippen LogP contribution in [0.25, 0.3) is 0 Å². The molecule has 0 saturated carbocycles. The van der Waals surface area contributed by atoms with Crippen molar-refractivity contribution >= 4 is 64.7 Å². The third kappa shape index (κ3) is 10.2. The maximum absolute atomic E-state index is 12.8. The van der Waals surface area contributed by atoms with Crippen molar-refractivity contribution in [3.63, 3.8) is 0 Å². The number of carbonyl (C=O) groups is 11. The van der Waals surface area contributed by atoms with Crippen LogP contribution in [0.5, 0.6) is 0 Å². The van der Waals surface area contributed by atoms with Crippen LogP contribution in [0.1, 0.15) is 51.9 Å². The van der Waals surface area contributed by atoms with Crippen molar-refractivity contribution in [2.24, 2.45) is 0 Å². The minimum absolute atomic E-state index is 0.0116. The maximum Gasteiger partial charge on any atom is 0.253 e. The van der Waals surface area contributed by atoms with Gasteiger partial charge in [-0.3, -0.25) is 72.3 Å². The van der Waals surface area contributed by atoms with E-state index in [4.69, 9.17) is 4.74 Å². The Labute approximate surface area is 291 Å². The zero-order chi connectivity index (χ0) is 37.2. The van der Waals surface area contributed by atoms with Crippen LogP contribution in [0.15, 0.2) is 48.6 Å². The van der Waals surface area contributed by atoms with Crippen LogP contribution in [-0.4, -0.2) is 129 Å². The van der Waals surface area contributed by atoms with Crippen LogP contribution in [0.2, 0.25) is 0 Å². The lowest BCUT2D eigenvalue weighted by atomic mass is 10.0. The lowest BCUT2D eigenvalue weighted by Crippen LogP contribution is -2.49. The highest BCUT2D eigenvalue weighted by Crippen LogP contribution is 2.20. The molecule has 0 fully saturated rings. The zero-order valence-electron chi connectivity index (χ0n) is 27.8. The van der Waals surface area contributed by atoms with Gasteiger partial charge < -0.3 is 10.1 Å². The molecule has 0 aromatic carbocycles. The number of nitrogens with one attached hydrogen (secondary N) is 1. The molecule has 4 rings (SSSR count). The molecule has 0 bridgehead atoms. The Morgan fingerprint density at radius 3 is 1.43 bits per heavy atom. The van der Waals surface area contributed by atoms with Crippen LogP contribution < -0.4 is 5.32 Å². The van der Waals surface area contributed by atoms with Gasteiger partial charge in [0.05, 0.1) is 31.3 Å². The highest BCUT2D eigenvalue weighted by Gasteiger charge is 2.37. The predicted octanol–water partition coefficient (Wildman–Crippen LogP) is -1.19. The summed E-state index contributed by atoms with van der Waals surface area (Å²) in [5, 5.41) is 2.68. The number of hydrogen-bond donors (Lipinski definition) is 1. The number of Topliss-reactive ketones (excluding diaryl/α,β-unsaturated/α-hetero) is 2. The Morgan fingerprint density at radius 2 is 1.00 bits per heavy atom. The molecule has 9 amide bonds. The number of nitrogens with zero attached hydrogens (tertiary/aromatic N) is 4. The van der Waals surface area contributed by atoms with Gasteiger partial charge in [-0.05, 0) is 32.6 Å². The highest BCUT2D eigenvalue weighted by molar-refractivity contribution is 6.15. The van der Waals surface area contributed by atoms with Crippen molar-refractivity contribution in [1.82, 2.24) is 24.9 Å². The van der Waals surface area contributed by atoms with Crippen LogP contribution in [0.4, 0.5) is 0 Å². The van der Waals surface area contributed by atoms with E-state index >= 15 is 0 Å². The number of imide groups is 4. The van der Waals surface area contributed by atoms with E-state index in [0.29, 0.717) is 0 Å². The van der Waals surface area contributed by atoms with Gasteiger partial charge >= 0.3 is 0 Å². The first-order valence-electron chi connectivity index (χ1n) is 16.3. The molecule has 0 aromatic heterocycles. The molecule has 0 aliphatic carbocycles. The van der Waals surface area contributed by atoms with Crippen LogP contribution in [0.3, 0.4) is 0 Å². The maximum atomic E-state index is 12.8. The second-order valence-corrected chi connectivity index (χ2v) is 12.3. The Balaban J connectivity index is 1.26. The molecule has 17 nitrogen and oxygen atoms in total. The summed E-state index contributed by atoms with van der Waals surface area (Å²) in [5.41, 5.74) is 0. The zero-order valence-corrected chi connectivity index (χ0v) is 27.8. The molecular weight excluding hydrogens is 670 g/mol. The number of amides is 9. The lowest BCUT2D eigenvalue weighted by Gasteiger charge is -2.29. The average molecular weight is 708 g/mol. The van der Waals surface area contributed by atoms with E-state index in [2.05, 4.69) is 5.32 Å². The van der Waals surface area contributed by atoms with Crippen molar-refractivity contribution in [3.8, 4) is 0 Å². The molecule has 3 atom stereocenters. The van der Waals surface area contributed by atoms with Gasteiger partial charge in [0.25, 0.3) is 47.3 Å². The van der Waals surface area contributed by atoms with Gasteiger partial charge in [-0.25, -0.2) is 0 Å². The van der Waals surface area contributed by atoms with Crippen molar-refractivity contribution in [1.29, 1.82) is 0 Å². The molecule has 4 aliphatic heterocycles. The fourth-order valence-corrected chi connectivity index (χ4v) is 5.86. The number of carbonyl (C=O) groups excluding carboxylic acids is 11. The van der Waals surface area contributed by atoms with Gasteiger partial charge in [-0.1, -0.05) is 0 Å². The van der Waals surface area contributed by atoms with Gasteiger partial charge in [0, 0.05) is 74.4 Å². The highest BCUT2D eigenvalue weighted by atomic mass is 16.5. The average Bonchev–Trinajstić information content (AvgIpc) is 3.80. The monoisotopic (exact) mass is 707 g/mol. The number of ether oxygens (including phenoxy) is 1. The fourth-order valence-electron chi connectivity index (χ4n) is 5.86. The molecule has 0 radical (unpaired) electrons. The normalized spacial score (nSPS) is 18.7. The third-order valence-corrected chi connectivity index (χ3v) is 8.50. The first-order valence-corrected chi connectivity index (χ1v) is 16.3. The standard InChI is InChI=1S/C34H37N5O12/c1-21(40)20-51-25(17-35-26(42)8-6-23(39-33(49)15-16-34(39)50)19-37-29(45)11-12-30(37)46)4-2-3-24(41)7-5-22(38-31(47)13-14-32(38)48)18-36-27(43)9-10-28(36)44/h9-16,22-23,25H,2-8,17-20H2,1H3,(H,35,42). The summed E-state index contributed by atoms with van der Waals surface area (Å²) in [7, 11) is 0. The van der Waals surface area contributed by atoms with Crippen LogP contribution in [0, 0.1) is 0 Å². The van der Waals surface area contributed by atoms with E-state index < -0.39 is 71.4 Å². The minimum atomic E-state index is -0.958. The van der Waals surface area contributed by atoms with Crippen LogP contribution >= 0.6 is 0 Å². The first-order chi connectivity index (χ1) is 24.2. The van der Waals surface area contributed by atoms with Gasteiger partial charge in [-0.2, -0.15) is 0 Å². The second-order valence-electron chi connectivity index (χ2n) is 12.3. The van der Waals surface area contributed by atoms with E-state index in [0.717, 1.165) is 68.2 Å². The van der Waals surface area contributed by atoms with E-state index in [1.165, 1.54) is 6.92 Å². The SMILES string of the molecule is CC(=O)COC(CCCC(=O)CCC(CN1C(=O)C=CC1=O)N1C(=O)C=CC1=O)CNC(=O)CCC(CN1C(=O)C=CC1=O)N1C(=O)C=CC1=O. The number of hydrogen-bond acceptors (Lipinski definition) is 12. The van der Waals surface area contributed by atoms with Gasteiger partial charge in [0.15, 0.2) is 5.78 Å².